The quantitative estimate of drug-likeness (QED) is 0.547. The van der Waals surface area contributed by atoms with Gasteiger partial charge in [0.1, 0.15) is 0 Å². The van der Waals surface area contributed by atoms with Crippen LogP contribution in [-0.4, -0.2) is 6.23 Å². The Morgan fingerprint density at radius 2 is 2.33 bits per heavy atom. The first-order valence-electron chi connectivity index (χ1n) is 3.92. The summed E-state index contributed by atoms with van der Waals surface area (Å²) in [7, 11) is 0. The second-order valence-corrected chi connectivity index (χ2v) is 2.92. The molecule has 3 rings (SSSR count). The first-order valence-corrected chi connectivity index (χ1v) is 3.92. The van der Waals surface area contributed by atoms with Gasteiger partial charge >= 0.3 is 0 Å². The fraction of sp³-hybridized carbons (Fsp3) is 0.111. The van der Waals surface area contributed by atoms with Crippen LogP contribution in [0.15, 0.2) is 47.3 Å². The minimum absolute atomic E-state index is 0.0140. The first-order chi connectivity index (χ1) is 5.95. The molecule has 0 aromatic rings. The second-order valence-electron chi connectivity index (χ2n) is 2.92. The summed E-state index contributed by atoms with van der Waals surface area (Å²) >= 11 is 0. The van der Waals surface area contributed by atoms with Gasteiger partial charge in [-0.2, -0.15) is 0 Å². The van der Waals surface area contributed by atoms with Crippen molar-refractivity contribution in [2.24, 2.45) is 0 Å². The maximum Gasteiger partial charge on any atom is 0.182 e. The predicted molar refractivity (Wildman–Crippen MR) is 44.5 cm³/mol. The first kappa shape index (κ1) is 6.08. The zero-order valence-electron chi connectivity index (χ0n) is 6.37. The number of nitrogens with one attached hydrogen (secondary N) is 2. The van der Waals surface area contributed by atoms with Crippen molar-refractivity contribution >= 4 is 0 Å². The number of rotatable bonds is 0. The number of allylic oxidation sites excluding steroid dienone is 4. The molecule has 3 aliphatic rings. The minimum Gasteiger partial charge on any atom is -0.360 e. The van der Waals surface area contributed by atoms with Crippen LogP contribution in [0, 0.1) is 0 Å². The Morgan fingerprint density at radius 1 is 1.33 bits per heavy atom. The average molecular weight is 160 g/mol. The van der Waals surface area contributed by atoms with E-state index < -0.39 is 0 Å². The average Bonchev–Trinajstić information content (AvgIpc) is 2.71. The van der Waals surface area contributed by atoms with E-state index in [0.29, 0.717) is 0 Å². The van der Waals surface area contributed by atoms with E-state index in [9.17, 15) is 0 Å². The molecule has 2 aliphatic heterocycles. The molecule has 60 valence electrons. The highest BCUT2D eigenvalue weighted by molar-refractivity contribution is 5.61. The van der Waals surface area contributed by atoms with Crippen molar-refractivity contribution in [3.05, 3.63) is 47.3 Å². The molecule has 0 radical (unpaired) electrons. The van der Waals surface area contributed by atoms with Gasteiger partial charge in [-0.05, 0) is 11.1 Å². The Hall–Kier alpha value is -1.48. The van der Waals surface area contributed by atoms with Gasteiger partial charge in [-0.15, -0.1) is 0 Å². The number of hydrogen-bond acceptors (Lipinski definition) is 3. The van der Waals surface area contributed by atoms with Crippen molar-refractivity contribution in [1.82, 2.24) is 10.8 Å². The summed E-state index contributed by atoms with van der Waals surface area (Å²) in [6.45, 7) is 0. The molecule has 0 saturated heterocycles. The molecule has 2 heterocycles. The zero-order chi connectivity index (χ0) is 7.97. The van der Waals surface area contributed by atoms with Crippen molar-refractivity contribution in [2.75, 3.05) is 0 Å². The van der Waals surface area contributed by atoms with Gasteiger partial charge in [0.25, 0.3) is 0 Å². The van der Waals surface area contributed by atoms with E-state index in [1.54, 1.807) is 0 Å². The number of hydroxylamine groups is 1. The third-order valence-electron chi connectivity index (χ3n) is 2.23. The van der Waals surface area contributed by atoms with Crippen molar-refractivity contribution < 1.29 is 4.84 Å². The van der Waals surface area contributed by atoms with Gasteiger partial charge in [-0.1, -0.05) is 18.2 Å². The summed E-state index contributed by atoms with van der Waals surface area (Å²) < 4.78 is 0. The van der Waals surface area contributed by atoms with Crippen molar-refractivity contribution in [2.45, 2.75) is 6.23 Å². The van der Waals surface area contributed by atoms with E-state index >= 15 is 0 Å². The summed E-state index contributed by atoms with van der Waals surface area (Å²) in [6, 6.07) is 0. The van der Waals surface area contributed by atoms with E-state index in [4.69, 9.17) is 4.84 Å². The number of hydrogen-bond donors (Lipinski definition) is 2. The third-order valence-corrected chi connectivity index (χ3v) is 2.23. The lowest BCUT2D eigenvalue weighted by Gasteiger charge is -2.20. The van der Waals surface area contributed by atoms with E-state index in [1.165, 1.54) is 16.7 Å². The molecule has 0 saturated carbocycles. The number of fused-ring (bicyclic) bond motifs is 3. The Morgan fingerprint density at radius 3 is 3.33 bits per heavy atom. The molecule has 3 heteroatoms. The van der Waals surface area contributed by atoms with E-state index in [2.05, 4.69) is 22.9 Å². The lowest BCUT2D eigenvalue weighted by atomic mass is 9.98. The molecular weight excluding hydrogens is 152 g/mol. The van der Waals surface area contributed by atoms with Crippen LogP contribution in [0.4, 0.5) is 0 Å². The molecule has 0 spiro atoms. The van der Waals surface area contributed by atoms with Crippen LogP contribution < -0.4 is 10.8 Å². The molecule has 1 atom stereocenters. The van der Waals surface area contributed by atoms with Crippen molar-refractivity contribution in [3.63, 3.8) is 0 Å². The fourth-order valence-electron chi connectivity index (χ4n) is 1.64. The van der Waals surface area contributed by atoms with Crippen LogP contribution in [0.25, 0.3) is 0 Å². The summed E-state index contributed by atoms with van der Waals surface area (Å²) in [5, 5.41) is 3.15. The molecular formula is C9H8N2O. The van der Waals surface area contributed by atoms with Crippen molar-refractivity contribution in [1.29, 1.82) is 0 Å². The standard InChI is InChI=1S/C9H8N2O/c1-2-6-4-10-9-8(5-11-12-9)7(6)3-1/h1-5,9-11H. The van der Waals surface area contributed by atoms with Gasteiger partial charge in [0.2, 0.25) is 0 Å². The maximum atomic E-state index is 5.20. The van der Waals surface area contributed by atoms with Gasteiger partial charge < -0.3 is 5.32 Å². The highest BCUT2D eigenvalue weighted by Crippen LogP contribution is 2.32. The van der Waals surface area contributed by atoms with Gasteiger partial charge in [-0.3, -0.25) is 5.48 Å². The van der Waals surface area contributed by atoms with Crippen LogP contribution in [-0.2, 0) is 4.84 Å². The third kappa shape index (κ3) is 0.636. The summed E-state index contributed by atoms with van der Waals surface area (Å²) in [4.78, 5) is 5.20. The highest BCUT2D eigenvalue weighted by Gasteiger charge is 2.28. The minimum atomic E-state index is -0.0140. The summed E-state index contributed by atoms with van der Waals surface area (Å²) in [6.07, 6.45) is 10.1. The van der Waals surface area contributed by atoms with E-state index in [0.717, 1.165) is 0 Å². The van der Waals surface area contributed by atoms with Crippen LogP contribution in [0.5, 0.6) is 0 Å². The molecule has 0 aromatic heterocycles. The lowest BCUT2D eigenvalue weighted by molar-refractivity contribution is 0.0314. The largest absolute Gasteiger partial charge is 0.360 e. The van der Waals surface area contributed by atoms with Gasteiger partial charge in [-0.25, -0.2) is 4.84 Å². The van der Waals surface area contributed by atoms with E-state index in [-0.39, 0.29) is 6.23 Å². The molecule has 3 nitrogen and oxygen atoms in total. The second kappa shape index (κ2) is 2.01. The molecule has 0 aromatic carbocycles. The Kier molecular flexibility index (Phi) is 1.02. The summed E-state index contributed by atoms with van der Waals surface area (Å²) in [5.74, 6) is 0. The van der Waals surface area contributed by atoms with Gasteiger partial charge in [0.15, 0.2) is 6.23 Å². The highest BCUT2D eigenvalue weighted by atomic mass is 16.7. The molecule has 0 amide bonds. The van der Waals surface area contributed by atoms with Crippen LogP contribution in [0.1, 0.15) is 0 Å². The molecule has 2 N–H and O–H groups in total. The molecule has 0 bridgehead atoms. The molecule has 12 heavy (non-hydrogen) atoms. The van der Waals surface area contributed by atoms with Crippen LogP contribution >= 0.6 is 0 Å². The summed E-state index contributed by atoms with van der Waals surface area (Å²) in [5.41, 5.74) is 6.41. The smallest absolute Gasteiger partial charge is 0.182 e. The van der Waals surface area contributed by atoms with Gasteiger partial charge in [0, 0.05) is 18.0 Å². The lowest BCUT2D eigenvalue weighted by Crippen LogP contribution is -2.31. The fourth-order valence-corrected chi connectivity index (χ4v) is 1.64. The van der Waals surface area contributed by atoms with Crippen LogP contribution in [0.3, 0.4) is 0 Å². The molecule has 1 unspecified atom stereocenters. The Labute approximate surface area is 70.1 Å². The maximum absolute atomic E-state index is 5.20. The Bertz CT molecular complexity index is 350. The topological polar surface area (TPSA) is 33.3 Å². The van der Waals surface area contributed by atoms with Crippen molar-refractivity contribution in [3.8, 4) is 0 Å². The van der Waals surface area contributed by atoms with E-state index in [1.807, 2.05) is 18.5 Å². The SMILES string of the molecule is C1=CC2=CNC3ONC=C3C2=C1. The normalized spacial score (nSPS) is 29.3. The van der Waals surface area contributed by atoms with Gasteiger partial charge in [0.05, 0.1) is 0 Å². The molecule has 0 fully saturated rings. The Balaban J connectivity index is 2.12. The predicted octanol–water partition coefficient (Wildman–Crippen LogP) is 0.715. The van der Waals surface area contributed by atoms with Crippen LogP contribution in [0.2, 0.25) is 0 Å². The monoisotopic (exact) mass is 160 g/mol. The molecule has 1 aliphatic carbocycles. The zero-order valence-corrected chi connectivity index (χ0v) is 6.37.